The maximum atomic E-state index is 2.67. The van der Waals surface area contributed by atoms with Crippen molar-refractivity contribution in [3.05, 3.63) is 113 Å². The van der Waals surface area contributed by atoms with E-state index in [2.05, 4.69) is 113 Å². The Kier molecular flexibility index (Phi) is 5.60. The molecule has 3 aromatic carbocycles. The van der Waals surface area contributed by atoms with Gasteiger partial charge in [0.1, 0.15) is 0 Å². The molecule has 5 rings (SSSR count). The van der Waals surface area contributed by atoms with Crippen molar-refractivity contribution in [2.45, 2.75) is 6.04 Å². The van der Waals surface area contributed by atoms with Gasteiger partial charge in [-0.2, -0.15) is 0 Å². The lowest BCUT2D eigenvalue weighted by atomic mass is 9.92. The van der Waals surface area contributed by atoms with Crippen LogP contribution in [0.2, 0.25) is 0 Å². The molecule has 0 saturated carbocycles. The zero-order valence-corrected chi connectivity index (χ0v) is 17.3. The summed E-state index contributed by atoms with van der Waals surface area (Å²) in [6.07, 6.45) is 9.08. The van der Waals surface area contributed by atoms with Crippen molar-refractivity contribution < 1.29 is 0 Å². The van der Waals surface area contributed by atoms with E-state index in [1.807, 2.05) is 0 Å². The Morgan fingerprint density at radius 2 is 1.23 bits per heavy atom. The van der Waals surface area contributed by atoms with Crippen LogP contribution in [0.15, 0.2) is 84.9 Å². The van der Waals surface area contributed by atoms with Gasteiger partial charge >= 0.3 is 0 Å². The minimum atomic E-state index is 0.328. The highest BCUT2D eigenvalue weighted by molar-refractivity contribution is 5.76. The molecule has 2 nitrogen and oxygen atoms in total. The molecule has 0 radical (unpaired) electrons. The number of rotatable bonds is 4. The number of hydrogen-bond donors (Lipinski definition) is 0. The highest BCUT2D eigenvalue weighted by Gasteiger charge is 2.29. The molecule has 1 aliphatic heterocycles. The van der Waals surface area contributed by atoms with Gasteiger partial charge < -0.3 is 0 Å². The molecule has 1 saturated heterocycles. The molecular weight excluding hydrogens is 364 g/mol. The Hall–Kier alpha value is -2.94. The summed E-state index contributed by atoms with van der Waals surface area (Å²) in [4.78, 5) is 5.23. The fourth-order valence-electron chi connectivity index (χ4n) is 4.67. The van der Waals surface area contributed by atoms with Gasteiger partial charge in [-0.1, -0.05) is 103 Å². The lowest BCUT2D eigenvalue weighted by molar-refractivity contribution is 0.118. The van der Waals surface area contributed by atoms with Crippen LogP contribution < -0.4 is 0 Å². The van der Waals surface area contributed by atoms with Gasteiger partial charge in [0.05, 0.1) is 6.04 Å². The van der Waals surface area contributed by atoms with Crippen LogP contribution in [0.25, 0.3) is 18.2 Å². The molecule has 1 heterocycles. The normalized spacial score (nSPS) is 17.6. The maximum absolute atomic E-state index is 2.67. The third kappa shape index (κ3) is 4.02. The van der Waals surface area contributed by atoms with Crippen LogP contribution in [-0.4, -0.2) is 42.5 Å². The monoisotopic (exact) mass is 392 g/mol. The van der Waals surface area contributed by atoms with E-state index in [0.29, 0.717) is 6.04 Å². The zero-order valence-electron chi connectivity index (χ0n) is 17.3. The fourth-order valence-corrected chi connectivity index (χ4v) is 4.67. The van der Waals surface area contributed by atoms with Gasteiger partial charge in [0, 0.05) is 32.7 Å². The molecule has 150 valence electrons. The summed E-state index contributed by atoms with van der Waals surface area (Å²) in [7, 11) is 0. The summed E-state index contributed by atoms with van der Waals surface area (Å²) in [5.74, 6) is 0. The van der Waals surface area contributed by atoms with Gasteiger partial charge in [0.15, 0.2) is 0 Å². The van der Waals surface area contributed by atoms with Gasteiger partial charge in [-0.05, 0) is 27.8 Å². The fraction of sp³-hybridized carbons (Fsp3) is 0.214. The van der Waals surface area contributed by atoms with Gasteiger partial charge in [-0.3, -0.25) is 9.80 Å². The minimum Gasteiger partial charge on any atom is -0.297 e. The van der Waals surface area contributed by atoms with Gasteiger partial charge in [-0.25, -0.2) is 0 Å². The van der Waals surface area contributed by atoms with Crippen LogP contribution in [-0.2, 0) is 0 Å². The second-order valence-electron chi connectivity index (χ2n) is 8.14. The topological polar surface area (TPSA) is 6.48 Å². The van der Waals surface area contributed by atoms with Crippen LogP contribution in [0.4, 0.5) is 0 Å². The van der Waals surface area contributed by atoms with E-state index in [1.165, 1.54) is 27.8 Å². The second kappa shape index (κ2) is 8.83. The smallest absolute Gasteiger partial charge is 0.0614 e. The van der Waals surface area contributed by atoms with Gasteiger partial charge in [0.2, 0.25) is 0 Å². The molecule has 0 bridgehead atoms. The number of hydrogen-bond acceptors (Lipinski definition) is 2. The second-order valence-corrected chi connectivity index (χ2v) is 8.14. The van der Waals surface area contributed by atoms with Crippen molar-refractivity contribution in [3.63, 3.8) is 0 Å². The van der Waals surface area contributed by atoms with E-state index >= 15 is 0 Å². The molecule has 0 amide bonds. The molecule has 1 fully saturated rings. The molecule has 2 heteroatoms. The van der Waals surface area contributed by atoms with Crippen LogP contribution in [0.1, 0.15) is 33.9 Å². The van der Waals surface area contributed by atoms with Crippen molar-refractivity contribution in [2.24, 2.45) is 0 Å². The summed E-state index contributed by atoms with van der Waals surface area (Å²) in [5, 5.41) is 0. The zero-order chi connectivity index (χ0) is 20.2. The van der Waals surface area contributed by atoms with Crippen LogP contribution in [0.3, 0.4) is 0 Å². The van der Waals surface area contributed by atoms with E-state index in [9.17, 15) is 0 Å². The Morgan fingerprint density at radius 3 is 1.87 bits per heavy atom. The molecular formula is C28H28N2. The predicted molar refractivity (Wildman–Crippen MR) is 127 cm³/mol. The largest absolute Gasteiger partial charge is 0.297 e. The molecule has 0 spiro atoms. The third-order valence-electron chi connectivity index (χ3n) is 6.27. The quantitative estimate of drug-likeness (QED) is 0.571. The van der Waals surface area contributed by atoms with Crippen LogP contribution >= 0.6 is 0 Å². The molecule has 1 aliphatic carbocycles. The van der Waals surface area contributed by atoms with E-state index in [0.717, 1.165) is 32.7 Å². The Bertz CT molecular complexity index is 993. The minimum absolute atomic E-state index is 0.328. The molecule has 2 aliphatic rings. The SMILES string of the molecule is C1=Cc2ccccc2C(N2CCN(C/C=C/c3ccccc3)CC2)c2ccccc21. The van der Waals surface area contributed by atoms with Crippen molar-refractivity contribution in [1.82, 2.24) is 9.80 Å². The molecule has 3 aromatic rings. The molecule has 0 N–H and O–H groups in total. The number of fused-ring (bicyclic) bond motifs is 2. The molecule has 0 atom stereocenters. The average molecular weight is 393 g/mol. The highest BCUT2D eigenvalue weighted by atomic mass is 15.3. The van der Waals surface area contributed by atoms with Gasteiger partial charge in [0.25, 0.3) is 0 Å². The Balaban J connectivity index is 1.31. The van der Waals surface area contributed by atoms with Crippen molar-refractivity contribution in [3.8, 4) is 0 Å². The Labute approximate surface area is 179 Å². The summed E-state index contributed by atoms with van der Waals surface area (Å²) < 4.78 is 0. The van der Waals surface area contributed by atoms with Gasteiger partial charge in [-0.15, -0.1) is 0 Å². The van der Waals surface area contributed by atoms with E-state index < -0.39 is 0 Å². The molecule has 30 heavy (non-hydrogen) atoms. The Morgan fingerprint density at radius 1 is 0.667 bits per heavy atom. The first-order chi connectivity index (χ1) is 14.9. The molecule has 0 unspecified atom stereocenters. The van der Waals surface area contributed by atoms with E-state index in [4.69, 9.17) is 0 Å². The maximum Gasteiger partial charge on any atom is 0.0614 e. The van der Waals surface area contributed by atoms with Crippen molar-refractivity contribution in [2.75, 3.05) is 32.7 Å². The summed E-state index contributed by atoms with van der Waals surface area (Å²) in [6.45, 7) is 5.40. The predicted octanol–water partition coefficient (Wildman–Crippen LogP) is 5.59. The molecule has 0 aromatic heterocycles. The lowest BCUT2D eigenvalue weighted by Crippen LogP contribution is -2.47. The summed E-state index contributed by atoms with van der Waals surface area (Å²) in [5.41, 5.74) is 6.81. The first kappa shape index (κ1) is 19.0. The average Bonchev–Trinajstić information content (AvgIpc) is 2.97. The summed E-state index contributed by atoms with van der Waals surface area (Å²) >= 11 is 0. The number of benzene rings is 3. The lowest BCUT2D eigenvalue weighted by Gasteiger charge is -2.40. The third-order valence-corrected chi connectivity index (χ3v) is 6.27. The first-order valence-electron chi connectivity index (χ1n) is 10.9. The van der Waals surface area contributed by atoms with Crippen LogP contribution in [0, 0.1) is 0 Å². The standard InChI is InChI=1S/C28H28N2/c1-2-9-23(10-3-1)11-8-18-29-19-21-30(22-20-29)28-26-14-6-4-12-24(26)16-17-25-13-5-7-15-27(25)28/h1-17,28H,18-22H2/b11-8+. The van der Waals surface area contributed by atoms with Crippen LogP contribution in [0.5, 0.6) is 0 Å². The highest BCUT2D eigenvalue weighted by Crippen LogP contribution is 2.37. The summed E-state index contributed by atoms with van der Waals surface area (Å²) in [6, 6.07) is 28.6. The van der Waals surface area contributed by atoms with E-state index in [-0.39, 0.29) is 0 Å². The van der Waals surface area contributed by atoms with E-state index in [1.54, 1.807) is 0 Å². The van der Waals surface area contributed by atoms with Crippen molar-refractivity contribution in [1.29, 1.82) is 0 Å². The van der Waals surface area contributed by atoms with Crippen molar-refractivity contribution >= 4 is 18.2 Å². The number of piperazine rings is 1. The first-order valence-corrected chi connectivity index (χ1v) is 10.9. The number of nitrogens with zero attached hydrogens (tertiary/aromatic N) is 2.